The van der Waals surface area contributed by atoms with Crippen LogP contribution in [0.3, 0.4) is 0 Å². The van der Waals surface area contributed by atoms with Crippen LogP contribution < -0.4 is 5.32 Å². The van der Waals surface area contributed by atoms with Gasteiger partial charge in [0.05, 0.1) is 5.56 Å². The molecule has 25 heavy (non-hydrogen) atoms. The second-order valence-electron chi connectivity index (χ2n) is 5.95. The number of aromatic nitrogens is 1. The number of benzene rings is 2. The molecule has 3 aromatic rings. The molecule has 0 fully saturated rings. The Morgan fingerprint density at radius 1 is 1.20 bits per heavy atom. The Hall–Kier alpha value is -3.28. The van der Waals surface area contributed by atoms with Gasteiger partial charge in [0.15, 0.2) is 0 Å². The van der Waals surface area contributed by atoms with Crippen molar-refractivity contribution in [2.24, 2.45) is 0 Å². The molecule has 1 atom stereocenters. The van der Waals surface area contributed by atoms with Crippen LogP contribution >= 0.6 is 0 Å². The minimum Gasteiger partial charge on any atom is -0.507 e. The van der Waals surface area contributed by atoms with Gasteiger partial charge >= 0.3 is 5.97 Å². The van der Waals surface area contributed by atoms with Crippen molar-refractivity contribution >= 4 is 22.8 Å². The van der Waals surface area contributed by atoms with Crippen LogP contribution in [0.4, 0.5) is 0 Å². The highest BCUT2D eigenvalue weighted by atomic mass is 16.4. The van der Waals surface area contributed by atoms with E-state index in [4.69, 9.17) is 0 Å². The van der Waals surface area contributed by atoms with Crippen LogP contribution in [0.2, 0.25) is 0 Å². The van der Waals surface area contributed by atoms with E-state index in [1.807, 2.05) is 24.3 Å². The molecule has 0 radical (unpaired) electrons. The Balaban J connectivity index is 1.83. The monoisotopic (exact) mass is 338 g/mol. The summed E-state index contributed by atoms with van der Waals surface area (Å²) in [6.45, 7) is 1.79. The van der Waals surface area contributed by atoms with E-state index in [2.05, 4.69) is 10.3 Å². The van der Waals surface area contributed by atoms with Crippen molar-refractivity contribution in [2.75, 3.05) is 0 Å². The van der Waals surface area contributed by atoms with Crippen LogP contribution in [0, 0.1) is 6.92 Å². The summed E-state index contributed by atoms with van der Waals surface area (Å²) in [5, 5.41) is 22.7. The molecule has 0 aliphatic heterocycles. The van der Waals surface area contributed by atoms with Crippen molar-refractivity contribution in [3.8, 4) is 5.75 Å². The second kappa shape index (κ2) is 6.68. The zero-order valence-electron chi connectivity index (χ0n) is 13.6. The fourth-order valence-electron chi connectivity index (χ4n) is 2.79. The lowest BCUT2D eigenvalue weighted by atomic mass is 10.0. The maximum absolute atomic E-state index is 12.4. The van der Waals surface area contributed by atoms with Gasteiger partial charge in [0, 0.05) is 23.5 Å². The molecule has 6 nitrogen and oxygen atoms in total. The van der Waals surface area contributed by atoms with Crippen molar-refractivity contribution in [3.63, 3.8) is 0 Å². The zero-order chi connectivity index (χ0) is 18.0. The van der Waals surface area contributed by atoms with Crippen LogP contribution in [0.15, 0.2) is 48.7 Å². The molecule has 1 aromatic heterocycles. The number of carboxylic acid groups (broad SMARTS) is 1. The topological polar surface area (TPSA) is 102 Å². The molecule has 6 heteroatoms. The number of carboxylic acids is 1. The number of aliphatic carboxylic acids is 1. The average molecular weight is 338 g/mol. The van der Waals surface area contributed by atoms with Gasteiger partial charge in [-0.2, -0.15) is 0 Å². The molecule has 128 valence electrons. The lowest BCUT2D eigenvalue weighted by molar-refractivity contribution is -0.139. The number of aromatic hydroxyl groups is 1. The number of para-hydroxylation sites is 1. The summed E-state index contributed by atoms with van der Waals surface area (Å²) >= 11 is 0. The first-order valence-corrected chi connectivity index (χ1v) is 7.84. The number of fused-ring (bicyclic) bond motifs is 1. The van der Waals surface area contributed by atoms with Crippen LogP contribution in [0.25, 0.3) is 10.9 Å². The highest BCUT2D eigenvalue weighted by molar-refractivity contribution is 5.99. The number of H-pyrrole nitrogens is 1. The van der Waals surface area contributed by atoms with Gasteiger partial charge in [-0.05, 0) is 30.7 Å². The van der Waals surface area contributed by atoms with E-state index in [1.165, 1.54) is 12.1 Å². The third-order valence-electron chi connectivity index (χ3n) is 4.10. The van der Waals surface area contributed by atoms with Gasteiger partial charge in [-0.15, -0.1) is 0 Å². The predicted molar refractivity (Wildman–Crippen MR) is 93.7 cm³/mol. The molecule has 0 aliphatic carbocycles. The summed E-state index contributed by atoms with van der Waals surface area (Å²) in [6.07, 6.45) is 1.88. The molecule has 3 rings (SSSR count). The molecular weight excluding hydrogens is 320 g/mol. The highest BCUT2D eigenvalue weighted by Gasteiger charge is 2.23. The second-order valence-corrected chi connectivity index (χ2v) is 5.95. The summed E-state index contributed by atoms with van der Waals surface area (Å²) in [4.78, 5) is 27.1. The van der Waals surface area contributed by atoms with E-state index in [-0.39, 0.29) is 17.7 Å². The summed E-state index contributed by atoms with van der Waals surface area (Å²) in [6, 6.07) is 11.1. The van der Waals surface area contributed by atoms with Gasteiger partial charge in [-0.3, -0.25) is 4.79 Å². The number of hydrogen-bond acceptors (Lipinski definition) is 3. The molecule has 0 spiro atoms. The normalized spacial score (nSPS) is 12.0. The van der Waals surface area contributed by atoms with Gasteiger partial charge in [0.2, 0.25) is 0 Å². The van der Waals surface area contributed by atoms with Crippen LogP contribution in [-0.4, -0.2) is 33.1 Å². The Labute approximate surface area is 144 Å². The van der Waals surface area contributed by atoms with Crippen LogP contribution in [0.1, 0.15) is 21.5 Å². The fraction of sp³-hybridized carbons (Fsp3) is 0.158. The average Bonchev–Trinajstić information content (AvgIpc) is 2.99. The van der Waals surface area contributed by atoms with Crippen molar-refractivity contribution in [1.82, 2.24) is 10.3 Å². The maximum atomic E-state index is 12.4. The number of rotatable bonds is 5. The summed E-state index contributed by atoms with van der Waals surface area (Å²) in [5.41, 5.74) is 2.57. The Kier molecular flexibility index (Phi) is 4.43. The molecule has 1 heterocycles. The van der Waals surface area contributed by atoms with E-state index in [0.717, 1.165) is 22.0 Å². The number of amides is 1. The highest BCUT2D eigenvalue weighted by Crippen LogP contribution is 2.21. The summed E-state index contributed by atoms with van der Waals surface area (Å²) in [7, 11) is 0. The Morgan fingerprint density at radius 2 is 1.96 bits per heavy atom. The van der Waals surface area contributed by atoms with E-state index in [1.54, 1.807) is 19.2 Å². The molecule has 1 amide bonds. The molecule has 0 aliphatic rings. The van der Waals surface area contributed by atoms with Gasteiger partial charge < -0.3 is 20.5 Å². The standard InChI is InChI=1S/C19H18N2O4/c1-11-6-7-17(22)14(8-11)18(23)21-16(19(24)25)9-12-10-20-15-5-3-2-4-13(12)15/h2-8,10,16,20,22H,9H2,1H3,(H,21,23)(H,24,25). The quantitative estimate of drug-likeness (QED) is 0.574. The minimum absolute atomic E-state index is 0.0603. The molecular formula is C19H18N2O4. The van der Waals surface area contributed by atoms with E-state index in [0.29, 0.717) is 0 Å². The van der Waals surface area contributed by atoms with E-state index < -0.39 is 17.9 Å². The maximum Gasteiger partial charge on any atom is 0.326 e. The minimum atomic E-state index is -1.13. The largest absolute Gasteiger partial charge is 0.507 e. The van der Waals surface area contributed by atoms with Crippen LogP contribution in [0.5, 0.6) is 5.75 Å². The van der Waals surface area contributed by atoms with Gasteiger partial charge in [-0.1, -0.05) is 29.8 Å². The van der Waals surface area contributed by atoms with E-state index in [9.17, 15) is 19.8 Å². The number of carbonyl (C=O) groups excluding carboxylic acids is 1. The van der Waals surface area contributed by atoms with Crippen molar-refractivity contribution in [1.29, 1.82) is 0 Å². The molecule has 0 saturated carbocycles. The lowest BCUT2D eigenvalue weighted by Gasteiger charge is -2.15. The number of carbonyl (C=O) groups is 2. The first-order chi connectivity index (χ1) is 12.0. The molecule has 0 saturated heterocycles. The molecule has 2 aromatic carbocycles. The fourth-order valence-corrected chi connectivity index (χ4v) is 2.79. The third-order valence-corrected chi connectivity index (χ3v) is 4.10. The SMILES string of the molecule is Cc1ccc(O)c(C(=O)NC(Cc2c[nH]c3ccccc23)C(=O)O)c1. The van der Waals surface area contributed by atoms with Crippen molar-refractivity contribution in [2.45, 2.75) is 19.4 Å². The predicted octanol–water partition coefficient (Wildman–Crippen LogP) is 2.61. The third kappa shape index (κ3) is 3.47. The first kappa shape index (κ1) is 16.6. The Bertz CT molecular complexity index is 946. The lowest BCUT2D eigenvalue weighted by Crippen LogP contribution is -2.42. The first-order valence-electron chi connectivity index (χ1n) is 7.84. The zero-order valence-corrected chi connectivity index (χ0v) is 13.6. The summed E-state index contributed by atoms with van der Waals surface area (Å²) in [5.74, 6) is -1.93. The van der Waals surface area contributed by atoms with Gasteiger partial charge in [0.25, 0.3) is 5.91 Å². The van der Waals surface area contributed by atoms with Crippen LogP contribution in [-0.2, 0) is 11.2 Å². The Morgan fingerprint density at radius 3 is 2.72 bits per heavy atom. The van der Waals surface area contributed by atoms with Gasteiger partial charge in [-0.25, -0.2) is 4.79 Å². The number of aromatic amines is 1. The van der Waals surface area contributed by atoms with Crippen molar-refractivity contribution in [3.05, 3.63) is 65.4 Å². The molecule has 0 bridgehead atoms. The number of phenolic OH excluding ortho intramolecular Hbond substituents is 1. The summed E-state index contributed by atoms with van der Waals surface area (Å²) < 4.78 is 0. The molecule has 4 N–H and O–H groups in total. The smallest absolute Gasteiger partial charge is 0.326 e. The number of hydrogen-bond donors (Lipinski definition) is 4. The number of aryl methyl sites for hydroxylation is 1. The van der Waals surface area contributed by atoms with E-state index >= 15 is 0 Å². The van der Waals surface area contributed by atoms with Gasteiger partial charge in [0.1, 0.15) is 11.8 Å². The molecule has 1 unspecified atom stereocenters. The number of nitrogens with one attached hydrogen (secondary N) is 2. The van der Waals surface area contributed by atoms with Crippen molar-refractivity contribution < 1.29 is 19.8 Å². The number of phenols is 1.